The van der Waals surface area contributed by atoms with E-state index in [9.17, 15) is 15.0 Å². The minimum Gasteiger partial charge on any atom is -0.394 e. The van der Waals surface area contributed by atoms with Crippen LogP contribution in [0.1, 0.15) is 6.23 Å². The summed E-state index contributed by atoms with van der Waals surface area (Å²) in [6.07, 6.45) is -3.20. The van der Waals surface area contributed by atoms with Gasteiger partial charge in [-0.1, -0.05) is 0 Å². The monoisotopic (exact) mass is 297 g/mol. The van der Waals surface area contributed by atoms with E-state index in [4.69, 9.17) is 15.6 Å². The highest BCUT2D eigenvalue weighted by Crippen LogP contribution is 2.30. The van der Waals surface area contributed by atoms with Crippen molar-refractivity contribution in [3.63, 3.8) is 0 Å². The summed E-state index contributed by atoms with van der Waals surface area (Å²) in [5, 5.41) is 28.9. The van der Waals surface area contributed by atoms with Gasteiger partial charge in [0.1, 0.15) is 18.3 Å². The molecule has 10 nitrogen and oxygen atoms in total. The van der Waals surface area contributed by atoms with Gasteiger partial charge in [0.05, 0.1) is 12.9 Å². The normalized spacial score (nSPS) is 29.3. The summed E-state index contributed by atoms with van der Waals surface area (Å²) < 4.78 is 7.85. The average Bonchev–Trinajstić information content (AvgIpc) is 2.99. The Morgan fingerprint density at radius 1 is 1.43 bits per heavy atom. The lowest BCUT2D eigenvalue weighted by molar-refractivity contribution is -0.0511. The van der Waals surface area contributed by atoms with E-state index in [1.54, 1.807) is 0 Å². The minimum absolute atomic E-state index is 0.0130. The Hall–Kier alpha value is -2.01. The molecule has 5 N–H and O–H groups in total. The SMILES string of the molecule is Cn1c(N)nc2c(ncn2[C@@H]2O[C@@H](CO)[C@@H](O)[C@@H]2O)c1=O. The van der Waals surface area contributed by atoms with Crippen molar-refractivity contribution in [2.24, 2.45) is 7.05 Å². The van der Waals surface area contributed by atoms with Crippen molar-refractivity contribution in [2.45, 2.75) is 24.5 Å². The Labute approximate surface area is 118 Å². The summed E-state index contributed by atoms with van der Waals surface area (Å²) in [7, 11) is 1.47. The van der Waals surface area contributed by atoms with Gasteiger partial charge in [-0.2, -0.15) is 4.98 Å². The van der Waals surface area contributed by atoms with E-state index in [0.29, 0.717) is 0 Å². The van der Waals surface area contributed by atoms with Crippen molar-refractivity contribution in [1.82, 2.24) is 19.1 Å². The second kappa shape index (κ2) is 4.77. The molecular weight excluding hydrogens is 282 g/mol. The van der Waals surface area contributed by atoms with Crippen LogP contribution in [0.25, 0.3) is 11.2 Å². The van der Waals surface area contributed by atoms with E-state index in [2.05, 4.69) is 9.97 Å². The molecule has 3 rings (SSSR count). The Bertz CT molecular complexity index is 740. The van der Waals surface area contributed by atoms with Crippen LogP contribution in [-0.4, -0.2) is 59.3 Å². The number of nitrogen functional groups attached to an aromatic ring is 1. The maximum atomic E-state index is 12.0. The predicted molar refractivity (Wildman–Crippen MR) is 70.2 cm³/mol. The number of nitrogens with two attached hydrogens (primary N) is 1. The van der Waals surface area contributed by atoms with Gasteiger partial charge in [0.15, 0.2) is 17.4 Å². The van der Waals surface area contributed by atoms with E-state index in [1.807, 2.05) is 0 Å². The van der Waals surface area contributed by atoms with Crippen molar-refractivity contribution >= 4 is 17.1 Å². The van der Waals surface area contributed by atoms with Gasteiger partial charge >= 0.3 is 0 Å². The summed E-state index contributed by atoms with van der Waals surface area (Å²) in [5.41, 5.74) is 5.44. The van der Waals surface area contributed by atoms with E-state index >= 15 is 0 Å². The topological polar surface area (TPSA) is 149 Å². The maximum absolute atomic E-state index is 12.0. The van der Waals surface area contributed by atoms with Gasteiger partial charge in [-0.15, -0.1) is 0 Å². The number of nitrogens with zero attached hydrogens (tertiary/aromatic N) is 4. The molecule has 10 heteroatoms. The van der Waals surface area contributed by atoms with Gasteiger partial charge < -0.3 is 25.8 Å². The van der Waals surface area contributed by atoms with Crippen LogP contribution in [-0.2, 0) is 11.8 Å². The van der Waals surface area contributed by atoms with Crippen molar-refractivity contribution in [3.8, 4) is 0 Å². The molecule has 0 amide bonds. The van der Waals surface area contributed by atoms with Crippen molar-refractivity contribution in [3.05, 3.63) is 16.7 Å². The predicted octanol–water partition coefficient (Wildman–Crippen LogP) is -2.68. The first kappa shape index (κ1) is 13.9. The summed E-state index contributed by atoms with van der Waals surface area (Å²) in [6.45, 7) is -0.446. The number of aliphatic hydroxyl groups is 3. The largest absolute Gasteiger partial charge is 0.394 e. The maximum Gasteiger partial charge on any atom is 0.282 e. The smallest absolute Gasteiger partial charge is 0.282 e. The molecule has 1 aliphatic heterocycles. The Morgan fingerprint density at radius 2 is 2.14 bits per heavy atom. The molecule has 0 aromatic carbocycles. The lowest BCUT2D eigenvalue weighted by atomic mass is 10.1. The zero-order chi connectivity index (χ0) is 15.3. The molecule has 0 unspecified atom stereocenters. The number of aliphatic hydroxyl groups excluding tert-OH is 3. The van der Waals surface area contributed by atoms with Crippen LogP contribution in [0.5, 0.6) is 0 Å². The molecule has 3 heterocycles. The van der Waals surface area contributed by atoms with E-state index in [0.717, 1.165) is 4.57 Å². The molecule has 0 spiro atoms. The molecule has 0 bridgehead atoms. The van der Waals surface area contributed by atoms with Crippen LogP contribution in [0.3, 0.4) is 0 Å². The van der Waals surface area contributed by atoms with Crippen LogP contribution in [0.4, 0.5) is 5.95 Å². The molecule has 114 valence electrons. The molecule has 1 aliphatic rings. The summed E-state index contributed by atoms with van der Waals surface area (Å²) in [4.78, 5) is 20.0. The van der Waals surface area contributed by atoms with Crippen LogP contribution in [0.15, 0.2) is 11.1 Å². The van der Waals surface area contributed by atoms with Gasteiger partial charge in [0, 0.05) is 7.05 Å². The minimum atomic E-state index is -1.29. The molecule has 1 fully saturated rings. The van der Waals surface area contributed by atoms with Crippen molar-refractivity contribution in [1.29, 1.82) is 0 Å². The first-order valence-electron chi connectivity index (χ1n) is 6.27. The van der Waals surface area contributed by atoms with Crippen LogP contribution < -0.4 is 11.3 Å². The van der Waals surface area contributed by atoms with Crippen LogP contribution >= 0.6 is 0 Å². The van der Waals surface area contributed by atoms with Crippen molar-refractivity contribution in [2.75, 3.05) is 12.3 Å². The molecular formula is C11H15N5O5. The first-order chi connectivity index (χ1) is 9.95. The van der Waals surface area contributed by atoms with Gasteiger partial charge in [0.2, 0.25) is 5.95 Å². The molecule has 0 radical (unpaired) electrons. The third-order valence-corrected chi connectivity index (χ3v) is 3.63. The fourth-order valence-corrected chi connectivity index (χ4v) is 2.36. The highest BCUT2D eigenvalue weighted by atomic mass is 16.6. The Morgan fingerprint density at radius 3 is 2.76 bits per heavy atom. The zero-order valence-corrected chi connectivity index (χ0v) is 11.1. The molecule has 4 atom stereocenters. The van der Waals surface area contributed by atoms with Crippen LogP contribution in [0.2, 0.25) is 0 Å². The fourth-order valence-electron chi connectivity index (χ4n) is 2.36. The average molecular weight is 297 g/mol. The second-order valence-electron chi connectivity index (χ2n) is 4.89. The van der Waals surface area contributed by atoms with E-state index in [-0.39, 0.29) is 17.1 Å². The van der Waals surface area contributed by atoms with Gasteiger partial charge in [-0.3, -0.25) is 13.9 Å². The summed E-state index contributed by atoms with van der Waals surface area (Å²) in [6, 6.07) is 0. The number of aromatic nitrogens is 4. The summed E-state index contributed by atoms with van der Waals surface area (Å²) >= 11 is 0. The van der Waals surface area contributed by atoms with E-state index < -0.39 is 36.7 Å². The molecule has 0 saturated carbocycles. The Balaban J connectivity index is 2.12. The second-order valence-corrected chi connectivity index (χ2v) is 4.89. The van der Waals surface area contributed by atoms with Crippen molar-refractivity contribution < 1.29 is 20.1 Å². The molecule has 0 aliphatic carbocycles. The number of hydrogen-bond donors (Lipinski definition) is 4. The van der Waals surface area contributed by atoms with Crippen LogP contribution in [0, 0.1) is 0 Å². The Kier molecular flexibility index (Phi) is 3.17. The van der Waals surface area contributed by atoms with Gasteiger partial charge in [-0.25, -0.2) is 4.98 Å². The number of anilines is 1. The number of fused-ring (bicyclic) bond motifs is 1. The third kappa shape index (κ3) is 1.92. The number of ether oxygens (including phenoxy) is 1. The van der Waals surface area contributed by atoms with E-state index in [1.165, 1.54) is 17.9 Å². The van der Waals surface area contributed by atoms with Gasteiger partial charge in [0.25, 0.3) is 5.56 Å². The first-order valence-corrected chi connectivity index (χ1v) is 6.27. The fraction of sp³-hybridized carbons (Fsp3) is 0.545. The molecule has 21 heavy (non-hydrogen) atoms. The number of rotatable bonds is 2. The zero-order valence-electron chi connectivity index (χ0n) is 11.1. The molecule has 1 saturated heterocycles. The lowest BCUT2D eigenvalue weighted by Crippen LogP contribution is -2.33. The summed E-state index contributed by atoms with van der Waals surface area (Å²) in [5.74, 6) is -0.0130. The highest BCUT2D eigenvalue weighted by Gasteiger charge is 2.44. The lowest BCUT2D eigenvalue weighted by Gasteiger charge is -2.16. The highest BCUT2D eigenvalue weighted by molar-refractivity contribution is 5.71. The number of hydrogen-bond acceptors (Lipinski definition) is 8. The quantitative estimate of drug-likeness (QED) is 0.468. The standard InChI is InChI=1S/C11H15N5O5/c1-15-9(20)5-8(14-11(15)12)16(3-13-5)10-7(19)6(18)4(2-17)21-10/h3-4,6-7,10,17-19H,2H2,1H3,(H2,12,14)/t4-,6+,7-,10+/m0/s1. The third-order valence-electron chi connectivity index (χ3n) is 3.63. The number of imidazole rings is 1. The molecule has 2 aromatic heterocycles. The van der Waals surface area contributed by atoms with Gasteiger partial charge in [-0.05, 0) is 0 Å². The molecule has 2 aromatic rings.